The highest BCUT2D eigenvalue weighted by molar-refractivity contribution is 7.98. The fourth-order valence-electron chi connectivity index (χ4n) is 1.58. The van der Waals surface area contributed by atoms with Crippen molar-refractivity contribution in [3.05, 3.63) is 42.1 Å². The van der Waals surface area contributed by atoms with Crippen molar-refractivity contribution in [2.24, 2.45) is 0 Å². The second-order valence-corrected chi connectivity index (χ2v) is 4.78. The van der Waals surface area contributed by atoms with Crippen molar-refractivity contribution in [2.45, 2.75) is 10.9 Å². The van der Waals surface area contributed by atoms with Gasteiger partial charge in [0.15, 0.2) is 5.76 Å². The van der Waals surface area contributed by atoms with Gasteiger partial charge in [0.1, 0.15) is 0 Å². The third-order valence-electron chi connectivity index (χ3n) is 2.45. The molecule has 0 atom stereocenters. The molecule has 0 spiro atoms. The van der Waals surface area contributed by atoms with Crippen LogP contribution in [0.1, 0.15) is 5.69 Å². The third kappa shape index (κ3) is 2.76. The SMILES string of the molecule is Nc1nc(SCc2cc(-c3ccccc3)on2)n[nH]1. The van der Waals surface area contributed by atoms with E-state index in [0.717, 1.165) is 17.0 Å². The normalized spacial score (nSPS) is 10.7. The zero-order valence-electron chi connectivity index (χ0n) is 9.91. The van der Waals surface area contributed by atoms with E-state index >= 15 is 0 Å². The highest BCUT2D eigenvalue weighted by Crippen LogP contribution is 2.24. The molecule has 0 aliphatic carbocycles. The number of hydrogen-bond acceptors (Lipinski definition) is 6. The number of hydrogen-bond donors (Lipinski definition) is 2. The van der Waals surface area contributed by atoms with Gasteiger partial charge in [-0.05, 0) is 0 Å². The van der Waals surface area contributed by atoms with Crippen LogP contribution in [-0.4, -0.2) is 20.3 Å². The maximum absolute atomic E-state index is 5.45. The Morgan fingerprint density at radius 1 is 1.26 bits per heavy atom. The van der Waals surface area contributed by atoms with E-state index in [-0.39, 0.29) is 0 Å². The van der Waals surface area contributed by atoms with Crippen LogP contribution in [0.2, 0.25) is 0 Å². The van der Waals surface area contributed by atoms with Gasteiger partial charge in [-0.25, -0.2) is 5.10 Å². The monoisotopic (exact) mass is 273 g/mol. The molecule has 3 rings (SSSR count). The van der Waals surface area contributed by atoms with Crippen molar-refractivity contribution < 1.29 is 4.52 Å². The average molecular weight is 273 g/mol. The van der Waals surface area contributed by atoms with Crippen LogP contribution in [-0.2, 0) is 5.75 Å². The van der Waals surface area contributed by atoms with Gasteiger partial charge in [0.05, 0.1) is 5.69 Å². The Kier molecular flexibility index (Phi) is 3.20. The Balaban J connectivity index is 1.68. The first-order valence-electron chi connectivity index (χ1n) is 5.63. The van der Waals surface area contributed by atoms with Crippen LogP contribution in [0.3, 0.4) is 0 Å². The molecule has 0 amide bonds. The van der Waals surface area contributed by atoms with E-state index in [1.807, 2.05) is 36.4 Å². The minimum absolute atomic E-state index is 0.313. The standard InChI is InChI=1S/C12H11N5OS/c13-11-14-12(16-15-11)19-7-9-6-10(18-17-9)8-4-2-1-3-5-8/h1-6H,7H2,(H3,13,14,15,16). The van der Waals surface area contributed by atoms with Crippen LogP contribution in [0.15, 0.2) is 46.1 Å². The minimum Gasteiger partial charge on any atom is -0.368 e. The molecule has 0 aliphatic rings. The predicted molar refractivity (Wildman–Crippen MR) is 72.3 cm³/mol. The van der Waals surface area contributed by atoms with Gasteiger partial charge in [-0.2, -0.15) is 4.98 Å². The molecule has 0 saturated carbocycles. The molecule has 19 heavy (non-hydrogen) atoms. The zero-order valence-corrected chi connectivity index (χ0v) is 10.7. The van der Waals surface area contributed by atoms with E-state index in [4.69, 9.17) is 10.3 Å². The molecule has 6 nitrogen and oxygen atoms in total. The number of aromatic nitrogens is 4. The molecular weight excluding hydrogens is 262 g/mol. The second-order valence-electron chi connectivity index (χ2n) is 3.84. The lowest BCUT2D eigenvalue weighted by Gasteiger charge is -1.91. The number of nitrogen functional groups attached to an aromatic ring is 1. The summed E-state index contributed by atoms with van der Waals surface area (Å²) in [6, 6.07) is 11.8. The summed E-state index contributed by atoms with van der Waals surface area (Å²) in [4.78, 5) is 4.01. The average Bonchev–Trinajstić information content (AvgIpc) is 3.06. The summed E-state index contributed by atoms with van der Waals surface area (Å²) >= 11 is 1.45. The Labute approximate surface area is 113 Å². The minimum atomic E-state index is 0.313. The Hall–Kier alpha value is -2.28. The number of nitrogens with one attached hydrogen (secondary N) is 1. The van der Waals surface area contributed by atoms with E-state index in [9.17, 15) is 0 Å². The lowest BCUT2D eigenvalue weighted by atomic mass is 10.2. The van der Waals surface area contributed by atoms with Crippen LogP contribution < -0.4 is 5.73 Å². The first-order chi connectivity index (χ1) is 9.31. The third-order valence-corrected chi connectivity index (χ3v) is 3.33. The summed E-state index contributed by atoms with van der Waals surface area (Å²) in [6.07, 6.45) is 0. The van der Waals surface area contributed by atoms with Gasteiger partial charge in [-0.3, -0.25) is 0 Å². The molecule has 0 bridgehead atoms. The number of nitrogens with two attached hydrogens (primary N) is 1. The number of H-pyrrole nitrogens is 1. The first kappa shape index (κ1) is 11.8. The fourth-order valence-corrected chi connectivity index (χ4v) is 2.27. The fraction of sp³-hybridized carbons (Fsp3) is 0.0833. The molecule has 1 aromatic carbocycles. The number of benzene rings is 1. The summed E-state index contributed by atoms with van der Waals surface area (Å²) in [5.41, 5.74) is 7.30. The predicted octanol–water partition coefficient (Wildman–Crippen LogP) is 2.33. The molecule has 0 aliphatic heterocycles. The number of anilines is 1. The molecule has 0 fully saturated rings. The van der Waals surface area contributed by atoms with E-state index in [1.165, 1.54) is 11.8 Å². The molecular formula is C12H11N5OS. The van der Waals surface area contributed by atoms with Gasteiger partial charge in [0, 0.05) is 17.4 Å². The highest BCUT2D eigenvalue weighted by atomic mass is 32.2. The van der Waals surface area contributed by atoms with Crippen LogP contribution in [0.5, 0.6) is 0 Å². The van der Waals surface area contributed by atoms with Gasteiger partial charge in [0.2, 0.25) is 11.1 Å². The van der Waals surface area contributed by atoms with E-state index < -0.39 is 0 Å². The summed E-state index contributed by atoms with van der Waals surface area (Å²) in [5.74, 6) is 1.70. The van der Waals surface area contributed by atoms with Gasteiger partial charge < -0.3 is 10.3 Å². The summed E-state index contributed by atoms with van der Waals surface area (Å²) in [7, 11) is 0. The largest absolute Gasteiger partial charge is 0.368 e. The molecule has 7 heteroatoms. The molecule has 3 N–H and O–H groups in total. The second kappa shape index (κ2) is 5.15. The van der Waals surface area contributed by atoms with Crippen molar-refractivity contribution in [3.63, 3.8) is 0 Å². The van der Waals surface area contributed by atoms with Gasteiger partial charge in [-0.15, -0.1) is 5.10 Å². The van der Waals surface area contributed by atoms with Crippen molar-refractivity contribution in [2.75, 3.05) is 5.73 Å². The number of rotatable bonds is 4. The van der Waals surface area contributed by atoms with Crippen molar-refractivity contribution in [1.82, 2.24) is 20.3 Å². The maximum Gasteiger partial charge on any atom is 0.216 e. The van der Waals surface area contributed by atoms with Crippen LogP contribution >= 0.6 is 11.8 Å². The van der Waals surface area contributed by atoms with E-state index in [0.29, 0.717) is 16.9 Å². The molecule has 3 aromatic rings. The molecule has 2 aromatic heterocycles. The molecule has 0 radical (unpaired) electrons. The van der Waals surface area contributed by atoms with Crippen LogP contribution in [0.4, 0.5) is 5.95 Å². The van der Waals surface area contributed by atoms with Gasteiger partial charge >= 0.3 is 0 Å². The Morgan fingerprint density at radius 2 is 2.11 bits per heavy atom. The first-order valence-corrected chi connectivity index (χ1v) is 6.61. The van der Waals surface area contributed by atoms with E-state index in [1.54, 1.807) is 0 Å². The lowest BCUT2D eigenvalue weighted by molar-refractivity contribution is 0.426. The van der Waals surface area contributed by atoms with Gasteiger partial charge in [-0.1, -0.05) is 47.3 Å². The topological polar surface area (TPSA) is 93.6 Å². The van der Waals surface area contributed by atoms with Gasteiger partial charge in [0.25, 0.3) is 0 Å². The molecule has 0 unspecified atom stereocenters. The Bertz CT molecular complexity index is 664. The smallest absolute Gasteiger partial charge is 0.216 e. The van der Waals surface area contributed by atoms with Crippen molar-refractivity contribution in [3.8, 4) is 11.3 Å². The summed E-state index contributed by atoms with van der Waals surface area (Å²) < 4.78 is 5.31. The molecule has 2 heterocycles. The lowest BCUT2D eigenvalue weighted by Crippen LogP contribution is -1.85. The van der Waals surface area contributed by atoms with Crippen LogP contribution in [0, 0.1) is 0 Å². The quantitative estimate of drug-likeness (QED) is 0.708. The highest BCUT2D eigenvalue weighted by Gasteiger charge is 2.08. The maximum atomic E-state index is 5.45. The summed E-state index contributed by atoms with van der Waals surface area (Å²) in [5, 5.41) is 11.1. The van der Waals surface area contributed by atoms with Crippen LogP contribution in [0.25, 0.3) is 11.3 Å². The Morgan fingerprint density at radius 3 is 2.84 bits per heavy atom. The summed E-state index contributed by atoms with van der Waals surface area (Å²) in [6.45, 7) is 0. The van der Waals surface area contributed by atoms with Crippen molar-refractivity contribution >= 4 is 17.7 Å². The number of nitrogens with zero attached hydrogens (tertiary/aromatic N) is 3. The molecule has 0 saturated heterocycles. The molecule has 96 valence electrons. The number of aromatic amines is 1. The number of thioether (sulfide) groups is 1. The van der Waals surface area contributed by atoms with Crippen molar-refractivity contribution in [1.29, 1.82) is 0 Å². The van der Waals surface area contributed by atoms with E-state index in [2.05, 4.69) is 20.3 Å². The zero-order chi connectivity index (χ0) is 13.1.